The van der Waals surface area contributed by atoms with Crippen molar-refractivity contribution in [2.24, 2.45) is 5.73 Å². The number of ether oxygens (including phenoxy) is 5. The first-order valence-electron chi connectivity index (χ1n) is 9.62. The fourth-order valence-corrected chi connectivity index (χ4v) is 2.72. The number of methoxy groups -OCH3 is 1. The van der Waals surface area contributed by atoms with Gasteiger partial charge in [-0.25, -0.2) is 9.59 Å². The summed E-state index contributed by atoms with van der Waals surface area (Å²) in [7, 11) is 1.34. The summed E-state index contributed by atoms with van der Waals surface area (Å²) >= 11 is 0. The van der Waals surface area contributed by atoms with E-state index in [4.69, 9.17) is 29.4 Å². The fourth-order valence-electron chi connectivity index (χ4n) is 2.72. The molecular weight excluding hydrogens is 438 g/mol. The fraction of sp³-hybridized carbons (Fsp3) is 0.238. The van der Waals surface area contributed by atoms with E-state index in [0.29, 0.717) is 30.4 Å². The molecule has 2 aromatic carbocycles. The van der Waals surface area contributed by atoms with Crippen molar-refractivity contribution >= 4 is 29.5 Å². The van der Waals surface area contributed by atoms with Crippen molar-refractivity contribution in [3.63, 3.8) is 0 Å². The SMILES string of the molecule is COc1cc(C(=O)OCC(=O)NC(=O)Nc2ccc3c(c2)OCCO3)ccc1OCC(N)=O. The van der Waals surface area contributed by atoms with E-state index in [0.717, 1.165) is 0 Å². The molecular formula is C21H21N3O9. The van der Waals surface area contributed by atoms with Crippen molar-refractivity contribution in [1.29, 1.82) is 0 Å². The lowest BCUT2D eigenvalue weighted by Gasteiger charge is -2.19. The number of carbonyl (C=O) groups is 4. The van der Waals surface area contributed by atoms with Gasteiger partial charge in [0.25, 0.3) is 11.8 Å². The number of hydrogen-bond donors (Lipinski definition) is 3. The van der Waals surface area contributed by atoms with Crippen LogP contribution in [0.4, 0.5) is 10.5 Å². The Balaban J connectivity index is 1.49. The second-order valence-corrected chi connectivity index (χ2v) is 6.56. The van der Waals surface area contributed by atoms with Crippen LogP contribution in [-0.2, 0) is 14.3 Å². The number of esters is 1. The smallest absolute Gasteiger partial charge is 0.338 e. The highest BCUT2D eigenvalue weighted by Crippen LogP contribution is 2.32. The molecule has 4 N–H and O–H groups in total. The van der Waals surface area contributed by atoms with Crippen molar-refractivity contribution in [2.75, 3.05) is 38.9 Å². The van der Waals surface area contributed by atoms with Crippen LogP contribution in [0.1, 0.15) is 10.4 Å². The molecule has 1 aliphatic rings. The average molecular weight is 459 g/mol. The largest absolute Gasteiger partial charge is 0.493 e. The van der Waals surface area contributed by atoms with Gasteiger partial charge in [0, 0.05) is 11.8 Å². The van der Waals surface area contributed by atoms with Gasteiger partial charge in [-0.05, 0) is 30.3 Å². The second-order valence-electron chi connectivity index (χ2n) is 6.56. The van der Waals surface area contributed by atoms with Gasteiger partial charge in [0.15, 0.2) is 36.2 Å². The number of anilines is 1. The summed E-state index contributed by atoms with van der Waals surface area (Å²) in [6.45, 7) is -0.237. The van der Waals surface area contributed by atoms with Gasteiger partial charge in [0.2, 0.25) is 0 Å². The number of hydrogen-bond acceptors (Lipinski definition) is 9. The summed E-state index contributed by atoms with van der Waals surface area (Å²) in [4.78, 5) is 47.0. The zero-order chi connectivity index (χ0) is 23.8. The van der Waals surface area contributed by atoms with Crippen LogP contribution in [0.5, 0.6) is 23.0 Å². The maximum atomic E-state index is 12.2. The van der Waals surface area contributed by atoms with Gasteiger partial charge in [-0.1, -0.05) is 0 Å². The first kappa shape index (κ1) is 23.2. The van der Waals surface area contributed by atoms with Crippen molar-refractivity contribution < 1.29 is 42.9 Å². The van der Waals surface area contributed by atoms with Gasteiger partial charge in [-0.15, -0.1) is 0 Å². The standard InChI is InChI=1S/C21H21N3O9/c1-29-16-8-12(2-4-14(16)32-10-18(22)25)20(27)33-11-19(26)24-21(28)23-13-3-5-15-17(9-13)31-7-6-30-15/h2-5,8-9H,6-7,10-11H2,1H3,(H2,22,25)(H2,23,24,26,28). The van der Waals surface area contributed by atoms with E-state index in [2.05, 4.69) is 5.32 Å². The third-order valence-electron chi connectivity index (χ3n) is 4.16. The van der Waals surface area contributed by atoms with E-state index >= 15 is 0 Å². The van der Waals surface area contributed by atoms with Crippen LogP contribution in [0.2, 0.25) is 0 Å². The number of imide groups is 1. The number of fused-ring (bicyclic) bond motifs is 1. The van der Waals surface area contributed by atoms with Crippen molar-refractivity contribution in [3.8, 4) is 23.0 Å². The van der Waals surface area contributed by atoms with Crippen LogP contribution in [0.15, 0.2) is 36.4 Å². The zero-order valence-corrected chi connectivity index (χ0v) is 17.5. The summed E-state index contributed by atoms with van der Waals surface area (Å²) < 4.78 is 26.0. The predicted octanol–water partition coefficient (Wildman–Crippen LogP) is 0.836. The van der Waals surface area contributed by atoms with Crippen LogP contribution in [-0.4, -0.2) is 57.4 Å². The zero-order valence-electron chi connectivity index (χ0n) is 17.5. The summed E-state index contributed by atoms with van der Waals surface area (Å²) in [6, 6.07) is 8.01. The van der Waals surface area contributed by atoms with Crippen LogP contribution in [0.25, 0.3) is 0 Å². The molecule has 4 amide bonds. The first-order chi connectivity index (χ1) is 15.9. The topological polar surface area (TPSA) is 165 Å². The molecule has 12 heteroatoms. The Hall–Kier alpha value is -4.48. The molecule has 0 saturated carbocycles. The Labute approximate surface area is 187 Å². The molecule has 0 spiro atoms. The molecule has 0 bridgehead atoms. The number of urea groups is 1. The highest BCUT2D eigenvalue weighted by atomic mass is 16.6. The van der Waals surface area contributed by atoms with E-state index in [1.807, 2.05) is 5.32 Å². The van der Waals surface area contributed by atoms with Gasteiger partial charge in [-0.2, -0.15) is 0 Å². The lowest BCUT2D eigenvalue weighted by atomic mass is 10.2. The van der Waals surface area contributed by atoms with E-state index in [1.165, 1.54) is 25.3 Å². The van der Waals surface area contributed by atoms with Gasteiger partial charge in [0.1, 0.15) is 13.2 Å². The molecule has 0 saturated heterocycles. The maximum Gasteiger partial charge on any atom is 0.338 e. The highest BCUT2D eigenvalue weighted by Gasteiger charge is 2.17. The Morgan fingerprint density at radius 3 is 2.45 bits per heavy atom. The lowest BCUT2D eigenvalue weighted by molar-refractivity contribution is -0.123. The van der Waals surface area contributed by atoms with Crippen LogP contribution >= 0.6 is 0 Å². The van der Waals surface area contributed by atoms with Gasteiger partial charge < -0.3 is 34.7 Å². The molecule has 33 heavy (non-hydrogen) atoms. The summed E-state index contributed by atoms with van der Waals surface area (Å²) in [6.07, 6.45) is 0. The quantitative estimate of drug-likeness (QED) is 0.485. The van der Waals surface area contributed by atoms with Crippen molar-refractivity contribution in [1.82, 2.24) is 5.32 Å². The Morgan fingerprint density at radius 1 is 0.970 bits per heavy atom. The average Bonchev–Trinajstić information content (AvgIpc) is 2.80. The summed E-state index contributed by atoms with van der Waals surface area (Å²) in [5, 5.41) is 4.52. The minimum atomic E-state index is -0.841. The molecule has 0 aliphatic carbocycles. The molecule has 2 aromatic rings. The molecule has 0 aromatic heterocycles. The normalized spacial score (nSPS) is 11.7. The third-order valence-corrected chi connectivity index (χ3v) is 4.16. The Kier molecular flexibility index (Phi) is 7.52. The number of primary amides is 1. The van der Waals surface area contributed by atoms with E-state index in [9.17, 15) is 19.2 Å². The van der Waals surface area contributed by atoms with Crippen molar-refractivity contribution in [3.05, 3.63) is 42.0 Å². The molecule has 1 aliphatic heterocycles. The predicted molar refractivity (Wildman–Crippen MR) is 113 cm³/mol. The molecule has 174 valence electrons. The number of amides is 4. The molecule has 12 nitrogen and oxygen atoms in total. The van der Waals surface area contributed by atoms with E-state index in [-0.39, 0.29) is 23.7 Å². The number of benzene rings is 2. The minimum absolute atomic E-state index is 0.0619. The lowest BCUT2D eigenvalue weighted by Crippen LogP contribution is -2.37. The van der Waals surface area contributed by atoms with Gasteiger partial charge >= 0.3 is 12.0 Å². The molecule has 0 unspecified atom stereocenters. The number of nitrogens with one attached hydrogen (secondary N) is 2. The Bertz CT molecular complexity index is 1070. The summed E-state index contributed by atoms with van der Waals surface area (Å²) in [5.74, 6) is -0.969. The van der Waals surface area contributed by atoms with Gasteiger partial charge in [-0.3, -0.25) is 14.9 Å². The molecule has 0 radical (unpaired) electrons. The number of rotatable bonds is 8. The third kappa shape index (κ3) is 6.50. The summed E-state index contributed by atoms with van der Waals surface area (Å²) in [5.41, 5.74) is 5.47. The molecule has 3 rings (SSSR count). The van der Waals surface area contributed by atoms with Crippen molar-refractivity contribution in [2.45, 2.75) is 0 Å². The maximum absolute atomic E-state index is 12.2. The van der Waals surface area contributed by atoms with E-state index in [1.54, 1.807) is 18.2 Å². The first-order valence-corrected chi connectivity index (χ1v) is 9.62. The molecule has 0 fully saturated rings. The minimum Gasteiger partial charge on any atom is -0.493 e. The molecule has 0 atom stereocenters. The van der Waals surface area contributed by atoms with Crippen LogP contribution in [0.3, 0.4) is 0 Å². The Morgan fingerprint density at radius 2 is 1.73 bits per heavy atom. The molecule has 1 heterocycles. The van der Waals surface area contributed by atoms with Crippen LogP contribution < -0.4 is 35.3 Å². The van der Waals surface area contributed by atoms with Gasteiger partial charge in [0.05, 0.1) is 12.7 Å². The highest BCUT2D eigenvalue weighted by molar-refractivity contribution is 6.02. The number of nitrogens with two attached hydrogens (primary N) is 1. The monoisotopic (exact) mass is 459 g/mol. The van der Waals surface area contributed by atoms with E-state index < -0.39 is 30.4 Å². The van der Waals surface area contributed by atoms with Crippen LogP contribution in [0, 0.1) is 0 Å². The second kappa shape index (κ2) is 10.7. The number of carbonyl (C=O) groups excluding carboxylic acids is 4.